The summed E-state index contributed by atoms with van der Waals surface area (Å²) >= 11 is 0. The number of benzene rings is 3. The molecular formula is C29H31N3O4. The summed E-state index contributed by atoms with van der Waals surface area (Å²) in [5, 5.41) is 0.527. The first-order valence-electron chi connectivity index (χ1n) is 12.1. The molecule has 3 aromatic carbocycles. The number of methoxy groups -OCH3 is 2. The van der Waals surface area contributed by atoms with Crippen molar-refractivity contribution in [1.82, 2.24) is 14.5 Å². The van der Waals surface area contributed by atoms with Crippen molar-refractivity contribution in [3.8, 4) is 17.2 Å². The number of ether oxygens (including phenoxy) is 2. The molecule has 0 N–H and O–H groups in total. The number of hydrogen-bond donors (Lipinski definition) is 0. The van der Waals surface area contributed by atoms with Crippen LogP contribution in [0, 0.1) is 0 Å². The molecule has 0 aliphatic rings. The molecule has 1 aromatic heterocycles. The van der Waals surface area contributed by atoms with Crippen LogP contribution in [0.3, 0.4) is 0 Å². The largest absolute Gasteiger partial charge is 0.497 e. The molecule has 7 nitrogen and oxygen atoms in total. The lowest BCUT2D eigenvalue weighted by atomic mass is 10.1. The maximum atomic E-state index is 13.7. The zero-order valence-electron chi connectivity index (χ0n) is 21.1. The van der Waals surface area contributed by atoms with Gasteiger partial charge < -0.3 is 14.4 Å². The normalized spacial score (nSPS) is 11.8. The Labute approximate surface area is 210 Å². The number of carbonyl (C=O) groups is 1. The molecule has 0 fully saturated rings. The Bertz CT molecular complexity index is 1400. The molecule has 1 amide bonds. The Hall–Kier alpha value is -4.13. The summed E-state index contributed by atoms with van der Waals surface area (Å²) < 4.78 is 12.2. The molecule has 1 atom stereocenters. The highest BCUT2D eigenvalue weighted by molar-refractivity contribution is 5.80. The highest BCUT2D eigenvalue weighted by Crippen LogP contribution is 2.27. The molecule has 4 rings (SSSR count). The highest BCUT2D eigenvalue weighted by atomic mass is 16.5. The van der Waals surface area contributed by atoms with Gasteiger partial charge in [-0.1, -0.05) is 31.2 Å². The molecular weight excluding hydrogens is 454 g/mol. The Morgan fingerprint density at radius 1 is 0.917 bits per heavy atom. The molecule has 7 heteroatoms. The van der Waals surface area contributed by atoms with Gasteiger partial charge in [-0.15, -0.1) is 0 Å². The molecule has 36 heavy (non-hydrogen) atoms. The number of fused-ring (bicyclic) bond motifs is 1. The Morgan fingerprint density at radius 2 is 1.53 bits per heavy atom. The van der Waals surface area contributed by atoms with E-state index in [1.165, 1.54) is 0 Å². The Kier molecular flexibility index (Phi) is 7.68. The third-order valence-electron chi connectivity index (χ3n) is 6.37. The summed E-state index contributed by atoms with van der Waals surface area (Å²) in [6.45, 7) is 4.44. The first-order chi connectivity index (χ1) is 17.5. The summed E-state index contributed by atoms with van der Waals surface area (Å²) in [5.41, 5.74) is 2.01. The van der Waals surface area contributed by atoms with Crippen LogP contribution in [0.15, 0.2) is 77.6 Å². The SMILES string of the molecule is CCC(c1nc2ccccc2c(=O)n1-c1ccc(OC)cc1)N(CC)C(=O)Cc1ccc(OC)cc1. The van der Waals surface area contributed by atoms with Crippen LogP contribution < -0.4 is 15.0 Å². The van der Waals surface area contributed by atoms with Gasteiger partial charge in [0.15, 0.2) is 0 Å². The first-order valence-corrected chi connectivity index (χ1v) is 12.1. The summed E-state index contributed by atoms with van der Waals surface area (Å²) in [6, 6.07) is 21.7. The van der Waals surface area contributed by atoms with Crippen LogP contribution >= 0.6 is 0 Å². The van der Waals surface area contributed by atoms with Crippen molar-refractivity contribution in [2.24, 2.45) is 0 Å². The molecule has 186 valence electrons. The van der Waals surface area contributed by atoms with Gasteiger partial charge >= 0.3 is 0 Å². The van der Waals surface area contributed by atoms with Crippen LogP contribution in [0.4, 0.5) is 0 Å². The molecule has 0 saturated carbocycles. The topological polar surface area (TPSA) is 73.7 Å². The van der Waals surface area contributed by atoms with E-state index in [-0.39, 0.29) is 23.9 Å². The lowest BCUT2D eigenvalue weighted by Gasteiger charge is -2.31. The van der Waals surface area contributed by atoms with Gasteiger partial charge in [-0.25, -0.2) is 4.98 Å². The fraction of sp³-hybridized carbons (Fsp3) is 0.276. The number of aromatic nitrogens is 2. The lowest BCUT2D eigenvalue weighted by Crippen LogP contribution is -2.39. The molecule has 0 bridgehead atoms. The Morgan fingerprint density at radius 3 is 2.11 bits per heavy atom. The zero-order chi connectivity index (χ0) is 25.7. The van der Waals surface area contributed by atoms with Gasteiger partial charge in [0.2, 0.25) is 5.91 Å². The van der Waals surface area contributed by atoms with Crippen molar-refractivity contribution in [2.45, 2.75) is 32.7 Å². The molecule has 0 aliphatic carbocycles. The third-order valence-corrected chi connectivity index (χ3v) is 6.37. The quantitative estimate of drug-likeness (QED) is 0.336. The minimum atomic E-state index is -0.389. The number of rotatable bonds is 9. The second kappa shape index (κ2) is 11.1. The minimum Gasteiger partial charge on any atom is -0.497 e. The fourth-order valence-electron chi connectivity index (χ4n) is 4.49. The first kappa shape index (κ1) is 25.0. The van der Waals surface area contributed by atoms with E-state index < -0.39 is 0 Å². The number of para-hydroxylation sites is 1. The van der Waals surface area contributed by atoms with Crippen LogP contribution in [0.5, 0.6) is 11.5 Å². The van der Waals surface area contributed by atoms with Crippen molar-refractivity contribution in [1.29, 1.82) is 0 Å². The molecule has 0 radical (unpaired) electrons. The van der Waals surface area contributed by atoms with Gasteiger partial charge in [0.05, 0.1) is 43.3 Å². The highest BCUT2D eigenvalue weighted by Gasteiger charge is 2.28. The average molecular weight is 486 g/mol. The zero-order valence-corrected chi connectivity index (χ0v) is 21.1. The van der Waals surface area contributed by atoms with Gasteiger partial charge in [0, 0.05) is 6.54 Å². The maximum absolute atomic E-state index is 13.7. The average Bonchev–Trinajstić information content (AvgIpc) is 2.92. The summed E-state index contributed by atoms with van der Waals surface area (Å²) in [4.78, 5) is 34.0. The summed E-state index contributed by atoms with van der Waals surface area (Å²) in [7, 11) is 3.22. The van der Waals surface area contributed by atoms with E-state index in [4.69, 9.17) is 14.5 Å². The molecule has 0 saturated heterocycles. The van der Waals surface area contributed by atoms with Gasteiger partial charge in [0.1, 0.15) is 17.3 Å². The standard InChI is InChI=1S/C29H31N3O4/c1-5-26(31(6-2)27(33)19-20-11-15-22(35-3)16-12-20)28-30-25-10-8-7-9-24(25)29(34)32(28)21-13-17-23(36-4)18-14-21/h7-18,26H,5-6,19H2,1-4H3. The van der Waals surface area contributed by atoms with E-state index in [1.807, 2.05) is 80.6 Å². The minimum absolute atomic E-state index is 0.0294. The van der Waals surface area contributed by atoms with Crippen LogP contribution in [-0.4, -0.2) is 41.1 Å². The van der Waals surface area contributed by atoms with Gasteiger partial charge in [-0.2, -0.15) is 0 Å². The van der Waals surface area contributed by atoms with E-state index >= 15 is 0 Å². The van der Waals surface area contributed by atoms with E-state index in [0.29, 0.717) is 41.1 Å². The van der Waals surface area contributed by atoms with Crippen molar-refractivity contribution in [2.75, 3.05) is 20.8 Å². The number of hydrogen-bond acceptors (Lipinski definition) is 5. The van der Waals surface area contributed by atoms with Crippen molar-refractivity contribution in [3.05, 3.63) is 94.5 Å². The lowest BCUT2D eigenvalue weighted by molar-refractivity contribution is -0.133. The van der Waals surface area contributed by atoms with Crippen molar-refractivity contribution in [3.63, 3.8) is 0 Å². The molecule has 1 unspecified atom stereocenters. The monoisotopic (exact) mass is 485 g/mol. The van der Waals surface area contributed by atoms with Crippen LogP contribution in [0.25, 0.3) is 16.6 Å². The van der Waals surface area contributed by atoms with E-state index in [2.05, 4.69) is 0 Å². The van der Waals surface area contributed by atoms with Crippen LogP contribution in [-0.2, 0) is 11.2 Å². The predicted octanol–water partition coefficient (Wildman–Crippen LogP) is 4.95. The molecule has 0 aliphatic heterocycles. The van der Waals surface area contributed by atoms with Gasteiger partial charge in [-0.3, -0.25) is 14.2 Å². The van der Waals surface area contributed by atoms with E-state index in [1.54, 1.807) is 29.8 Å². The summed E-state index contributed by atoms with van der Waals surface area (Å²) in [5.74, 6) is 1.95. The number of nitrogens with zero attached hydrogens (tertiary/aromatic N) is 3. The smallest absolute Gasteiger partial charge is 0.266 e. The van der Waals surface area contributed by atoms with Crippen molar-refractivity contribution >= 4 is 16.8 Å². The van der Waals surface area contributed by atoms with Crippen LogP contribution in [0.1, 0.15) is 37.7 Å². The summed E-state index contributed by atoms with van der Waals surface area (Å²) in [6.07, 6.45) is 0.845. The molecule has 1 heterocycles. The van der Waals surface area contributed by atoms with Crippen LogP contribution in [0.2, 0.25) is 0 Å². The van der Waals surface area contributed by atoms with Gasteiger partial charge in [-0.05, 0) is 67.4 Å². The number of amides is 1. The molecule has 0 spiro atoms. The molecule has 4 aromatic rings. The van der Waals surface area contributed by atoms with Crippen molar-refractivity contribution < 1.29 is 14.3 Å². The van der Waals surface area contributed by atoms with E-state index in [9.17, 15) is 9.59 Å². The second-order valence-corrected chi connectivity index (χ2v) is 8.45. The second-order valence-electron chi connectivity index (χ2n) is 8.45. The number of likely N-dealkylation sites (N-methyl/N-ethyl adjacent to an activating group) is 1. The predicted molar refractivity (Wildman–Crippen MR) is 141 cm³/mol. The van der Waals surface area contributed by atoms with Gasteiger partial charge in [0.25, 0.3) is 5.56 Å². The Balaban J connectivity index is 1.80. The maximum Gasteiger partial charge on any atom is 0.266 e. The van der Waals surface area contributed by atoms with E-state index in [0.717, 1.165) is 11.3 Å². The third kappa shape index (κ3) is 4.96. The number of carbonyl (C=O) groups excluding carboxylic acids is 1. The fourth-order valence-corrected chi connectivity index (χ4v) is 4.49.